The van der Waals surface area contributed by atoms with Crippen molar-refractivity contribution in [1.82, 2.24) is 9.71 Å². The minimum absolute atomic E-state index is 0.171. The van der Waals surface area contributed by atoms with E-state index in [1.807, 2.05) is 0 Å². The molecular formula is C15H16F3N3O2S. The van der Waals surface area contributed by atoms with E-state index in [1.165, 1.54) is 6.07 Å². The summed E-state index contributed by atoms with van der Waals surface area (Å²) in [4.78, 5) is 5.01. The van der Waals surface area contributed by atoms with E-state index in [2.05, 4.69) is 9.71 Å². The Balaban J connectivity index is 2.32. The lowest BCUT2D eigenvalue weighted by molar-refractivity contribution is -0.139. The van der Waals surface area contributed by atoms with Crippen molar-refractivity contribution in [2.45, 2.75) is 17.6 Å². The number of aromatic nitrogens is 1. The predicted octanol–water partition coefficient (Wildman–Crippen LogP) is 2.64. The standard InChI is InChI=1S/C15H16F3N3O2S/c1-21(2)14-11(6-5-9-19-14)10-20-24(22,23)13-8-4-3-7-12(13)15(16,17)18/h3-9,20H,10H2,1-2H3. The summed E-state index contributed by atoms with van der Waals surface area (Å²) in [6, 6.07) is 7.35. The number of sulfonamides is 1. The van der Waals surface area contributed by atoms with Crippen molar-refractivity contribution in [3.8, 4) is 0 Å². The summed E-state index contributed by atoms with van der Waals surface area (Å²) < 4.78 is 65.8. The number of nitrogens with one attached hydrogen (secondary N) is 1. The fourth-order valence-corrected chi connectivity index (χ4v) is 3.39. The molecule has 24 heavy (non-hydrogen) atoms. The Bertz CT molecular complexity index is 821. The molecule has 1 N–H and O–H groups in total. The molecule has 1 aromatic heterocycles. The monoisotopic (exact) mass is 359 g/mol. The smallest absolute Gasteiger partial charge is 0.362 e. The Morgan fingerprint density at radius 2 is 1.79 bits per heavy atom. The predicted molar refractivity (Wildman–Crippen MR) is 84.0 cm³/mol. The van der Waals surface area contributed by atoms with Crippen molar-refractivity contribution >= 4 is 15.8 Å². The van der Waals surface area contributed by atoms with Gasteiger partial charge in [0.2, 0.25) is 10.0 Å². The molecule has 0 saturated carbocycles. The maximum absolute atomic E-state index is 13.0. The van der Waals surface area contributed by atoms with Crippen LogP contribution in [-0.2, 0) is 22.7 Å². The third kappa shape index (κ3) is 4.04. The van der Waals surface area contributed by atoms with Crippen LogP contribution in [-0.4, -0.2) is 27.5 Å². The van der Waals surface area contributed by atoms with E-state index in [1.54, 1.807) is 37.3 Å². The van der Waals surface area contributed by atoms with Crippen molar-refractivity contribution in [3.63, 3.8) is 0 Å². The van der Waals surface area contributed by atoms with Gasteiger partial charge in [0.25, 0.3) is 0 Å². The van der Waals surface area contributed by atoms with Crippen molar-refractivity contribution < 1.29 is 21.6 Å². The largest absolute Gasteiger partial charge is 0.417 e. The number of pyridine rings is 1. The van der Waals surface area contributed by atoms with Gasteiger partial charge >= 0.3 is 6.18 Å². The molecule has 0 aliphatic carbocycles. The lowest BCUT2D eigenvalue weighted by Crippen LogP contribution is -2.27. The van der Waals surface area contributed by atoms with Gasteiger partial charge in [-0.1, -0.05) is 18.2 Å². The second-order valence-electron chi connectivity index (χ2n) is 5.20. The first kappa shape index (κ1) is 18.2. The molecule has 0 radical (unpaired) electrons. The van der Waals surface area contributed by atoms with E-state index < -0.39 is 26.7 Å². The SMILES string of the molecule is CN(C)c1ncccc1CNS(=O)(=O)c1ccccc1C(F)(F)F. The lowest BCUT2D eigenvalue weighted by atomic mass is 10.2. The Morgan fingerprint density at radius 1 is 1.12 bits per heavy atom. The summed E-state index contributed by atoms with van der Waals surface area (Å²) in [6.07, 6.45) is -3.21. The quantitative estimate of drug-likeness (QED) is 0.892. The van der Waals surface area contributed by atoms with E-state index >= 15 is 0 Å². The van der Waals surface area contributed by atoms with E-state index in [4.69, 9.17) is 0 Å². The third-order valence-corrected chi connectivity index (χ3v) is 4.69. The fraction of sp³-hybridized carbons (Fsp3) is 0.267. The molecule has 0 spiro atoms. The van der Waals surface area contributed by atoms with E-state index in [0.717, 1.165) is 18.2 Å². The molecule has 0 saturated heterocycles. The van der Waals surface area contributed by atoms with Crippen molar-refractivity contribution in [3.05, 3.63) is 53.7 Å². The van der Waals surface area contributed by atoms with Crippen LogP contribution in [0.2, 0.25) is 0 Å². The number of hydrogen-bond donors (Lipinski definition) is 1. The molecule has 1 heterocycles. The number of alkyl halides is 3. The van der Waals surface area contributed by atoms with Crippen molar-refractivity contribution in [1.29, 1.82) is 0 Å². The zero-order valence-corrected chi connectivity index (χ0v) is 13.8. The molecule has 0 atom stereocenters. The van der Waals surface area contributed by atoms with Crippen LogP contribution in [0.15, 0.2) is 47.5 Å². The third-order valence-electron chi connectivity index (χ3n) is 3.23. The molecule has 2 rings (SSSR count). The molecule has 1 aromatic carbocycles. The van der Waals surface area contributed by atoms with Gasteiger partial charge < -0.3 is 4.90 Å². The molecular weight excluding hydrogens is 343 g/mol. The number of hydrogen-bond acceptors (Lipinski definition) is 4. The van der Waals surface area contributed by atoms with Gasteiger partial charge in [-0.15, -0.1) is 0 Å². The van der Waals surface area contributed by atoms with Crippen LogP contribution < -0.4 is 9.62 Å². The van der Waals surface area contributed by atoms with Gasteiger partial charge in [-0.2, -0.15) is 13.2 Å². The first-order chi connectivity index (χ1) is 11.1. The number of benzene rings is 1. The highest BCUT2D eigenvalue weighted by atomic mass is 32.2. The maximum Gasteiger partial charge on any atom is 0.417 e. The van der Waals surface area contributed by atoms with Gasteiger partial charge in [-0.05, 0) is 18.2 Å². The van der Waals surface area contributed by atoms with Crippen LogP contribution in [0.3, 0.4) is 0 Å². The van der Waals surface area contributed by atoms with Crippen LogP contribution in [0.5, 0.6) is 0 Å². The van der Waals surface area contributed by atoms with Gasteiger partial charge in [-0.25, -0.2) is 18.1 Å². The average molecular weight is 359 g/mol. The molecule has 130 valence electrons. The average Bonchev–Trinajstić information content (AvgIpc) is 2.52. The minimum atomic E-state index is -4.76. The summed E-state index contributed by atoms with van der Waals surface area (Å²) in [5.74, 6) is 0.532. The molecule has 0 aliphatic rings. The van der Waals surface area contributed by atoms with Crippen LogP contribution in [0.4, 0.5) is 19.0 Å². The first-order valence-corrected chi connectivity index (χ1v) is 8.38. The van der Waals surface area contributed by atoms with E-state index in [-0.39, 0.29) is 6.54 Å². The molecule has 0 amide bonds. The first-order valence-electron chi connectivity index (χ1n) is 6.90. The number of anilines is 1. The van der Waals surface area contributed by atoms with Crippen LogP contribution in [0, 0.1) is 0 Å². The molecule has 0 fully saturated rings. The number of halogens is 3. The van der Waals surface area contributed by atoms with Gasteiger partial charge in [0.1, 0.15) is 5.82 Å². The summed E-state index contributed by atoms with van der Waals surface area (Å²) in [7, 11) is -0.860. The summed E-state index contributed by atoms with van der Waals surface area (Å²) >= 11 is 0. The van der Waals surface area contributed by atoms with Gasteiger partial charge in [-0.3, -0.25) is 0 Å². The number of rotatable bonds is 5. The van der Waals surface area contributed by atoms with E-state index in [9.17, 15) is 21.6 Å². The lowest BCUT2D eigenvalue weighted by Gasteiger charge is -2.17. The van der Waals surface area contributed by atoms with Crippen molar-refractivity contribution in [2.75, 3.05) is 19.0 Å². The van der Waals surface area contributed by atoms with E-state index in [0.29, 0.717) is 11.4 Å². The minimum Gasteiger partial charge on any atom is -0.362 e. The van der Waals surface area contributed by atoms with Crippen LogP contribution in [0.25, 0.3) is 0 Å². The number of nitrogens with zero attached hydrogens (tertiary/aromatic N) is 2. The van der Waals surface area contributed by atoms with Crippen LogP contribution >= 0.6 is 0 Å². The second kappa shape index (κ2) is 6.78. The molecule has 0 unspecified atom stereocenters. The van der Waals surface area contributed by atoms with Gasteiger partial charge in [0.05, 0.1) is 10.5 Å². The normalized spacial score (nSPS) is 12.2. The Labute approximate surface area is 138 Å². The highest BCUT2D eigenvalue weighted by molar-refractivity contribution is 7.89. The maximum atomic E-state index is 13.0. The molecule has 0 aliphatic heterocycles. The molecule has 9 heteroatoms. The second-order valence-corrected chi connectivity index (χ2v) is 6.93. The van der Waals surface area contributed by atoms with Crippen LogP contribution in [0.1, 0.15) is 11.1 Å². The molecule has 5 nitrogen and oxygen atoms in total. The molecule has 0 bridgehead atoms. The van der Waals surface area contributed by atoms with Gasteiger partial charge in [0.15, 0.2) is 0 Å². The highest BCUT2D eigenvalue weighted by Crippen LogP contribution is 2.33. The Morgan fingerprint density at radius 3 is 2.42 bits per heavy atom. The van der Waals surface area contributed by atoms with Gasteiger partial charge in [0, 0.05) is 32.4 Å². The molecule has 2 aromatic rings. The highest BCUT2D eigenvalue weighted by Gasteiger charge is 2.36. The summed E-state index contributed by atoms with van der Waals surface area (Å²) in [6.45, 7) is -0.171. The summed E-state index contributed by atoms with van der Waals surface area (Å²) in [5, 5.41) is 0. The Hall–Kier alpha value is -2.13. The van der Waals surface area contributed by atoms with Crippen molar-refractivity contribution in [2.24, 2.45) is 0 Å². The topological polar surface area (TPSA) is 62.3 Å². The Kier molecular flexibility index (Phi) is 5.14. The zero-order chi connectivity index (χ0) is 18.0. The fourth-order valence-electron chi connectivity index (χ4n) is 2.16. The zero-order valence-electron chi connectivity index (χ0n) is 13.0. The summed E-state index contributed by atoms with van der Waals surface area (Å²) in [5.41, 5.74) is -0.646.